The van der Waals surface area contributed by atoms with Gasteiger partial charge < -0.3 is 20.4 Å². The average Bonchev–Trinajstić information content (AvgIpc) is 3.23. The normalized spacial score (nSPS) is 12.9. The summed E-state index contributed by atoms with van der Waals surface area (Å²) >= 11 is 0. The molecule has 1 aromatic carbocycles. The number of benzene rings is 1. The van der Waals surface area contributed by atoms with E-state index in [1.807, 2.05) is 48.9 Å². The third-order valence-corrected chi connectivity index (χ3v) is 4.79. The van der Waals surface area contributed by atoms with Gasteiger partial charge in [-0.3, -0.25) is 9.59 Å². The minimum atomic E-state index is -0.592. The number of rotatable bonds is 12. The average molecular weight is 386 g/mol. The number of carbonyl (C=O) groups is 2. The van der Waals surface area contributed by atoms with Crippen molar-refractivity contribution in [3.05, 3.63) is 43.0 Å². The quantitative estimate of drug-likeness (QED) is 0.548. The smallest absolute Gasteiger partial charge is 0.240 e. The number of unbranched alkanes of at least 4 members (excludes halogenated alkanes) is 2. The van der Waals surface area contributed by atoms with E-state index in [1.54, 1.807) is 12.5 Å². The molecule has 0 saturated carbocycles. The van der Waals surface area contributed by atoms with Gasteiger partial charge in [0.05, 0.1) is 12.9 Å². The van der Waals surface area contributed by atoms with Crippen LogP contribution < -0.4 is 15.8 Å². The molecule has 1 heterocycles. The summed E-state index contributed by atoms with van der Waals surface area (Å²) in [5, 5.41) is 2.75. The number of nitrogens with zero attached hydrogens (tertiary/aromatic N) is 2. The van der Waals surface area contributed by atoms with Crippen molar-refractivity contribution in [1.82, 2.24) is 14.9 Å². The molecular weight excluding hydrogens is 356 g/mol. The van der Waals surface area contributed by atoms with E-state index in [2.05, 4.69) is 10.3 Å². The van der Waals surface area contributed by atoms with E-state index >= 15 is 0 Å². The van der Waals surface area contributed by atoms with Crippen LogP contribution in [0.2, 0.25) is 0 Å². The first kappa shape index (κ1) is 21.5. The third kappa shape index (κ3) is 6.72. The molecule has 0 saturated heterocycles. The Balaban J connectivity index is 1.61. The van der Waals surface area contributed by atoms with Crippen LogP contribution in [0.5, 0.6) is 5.75 Å². The van der Waals surface area contributed by atoms with Crippen molar-refractivity contribution in [2.45, 2.75) is 52.0 Å². The van der Waals surface area contributed by atoms with E-state index in [0.717, 1.165) is 37.1 Å². The van der Waals surface area contributed by atoms with Gasteiger partial charge in [0.25, 0.3) is 0 Å². The fourth-order valence-corrected chi connectivity index (χ4v) is 2.86. The first-order chi connectivity index (χ1) is 13.5. The van der Waals surface area contributed by atoms with E-state index in [-0.39, 0.29) is 11.8 Å². The zero-order valence-corrected chi connectivity index (χ0v) is 16.6. The Morgan fingerprint density at radius 1 is 1.21 bits per heavy atom. The highest BCUT2D eigenvalue weighted by Crippen LogP contribution is 2.15. The summed E-state index contributed by atoms with van der Waals surface area (Å²) in [6, 6.07) is 7.23. The van der Waals surface area contributed by atoms with Crippen molar-refractivity contribution < 1.29 is 14.3 Å². The van der Waals surface area contributed by atoms with E-state index in [4.69, 9.17) is 10.5 Å². The highest BCUT2D eigenvalue weighted by atomic mass is 16.5. The molecule has 0 fully saturated rings. The topological polar surface area (TPSA) is 99.2 Å². The SMILES string of the molecule is CCC(C)C(NC(=O)CCCCCOc1ccc(-n2ccnc2)cc1)C(N)=O. The van der Waals surface area contributed by atoms with Crippen molar-refractivity contribution >= 4 is 11.8 Å². The third-order valence-electron chi connectivity index (χ3n) is 4.79. The van der Waals surface area contributed by atoms with Gasteiger partial charge in [-0.05, 0) is 49.4 Å². The second-order valence-electron chi connectivity index (χ2n) is 6.96. The Hall–Kier alpha value is -2.83. The molecule has 0 radical (unpaired) electrons. The van der Waals surface area contributed by atoms with Gasteiger partial charge in [-0.15, -0.1) is 0 Å². The summed E-state index contributed by atoms with van der Waals surface area (Å²) < 4.78 is 7.67. The highest BCUT2D eigenvalue weighted by molar-refractivity contribution is 5.86. The Kier molecular flexibility index (Phi) is 8.52. The van der Waals surface area contributed by atoms with E-state index in [1.165, 1.54) is 0 Å². The molecule has 28 heavy (non-hydrogen) atoms. The van der Waals surface area contributed by atoms with Crippen LogP contribution >= 0.6 is 0 Å². The largest absolute Gasteiger partial charge is 0.494 e. The van der Waals surface area contributed by atoms with Crippen LogP contribution in [-0.4, -0.2) is 34.0 Å². The lowest BCUT2D eigenvalue weighted by atomic mass is 9.98. The lowest BCUT2D eigenvalue weighted by Crippen LogP contribution is -2.48. The number of nitrogens with two attached hydrogens (primary N) is 1. The van der Waals surface area contributed by atoms with Gasteiger partial charge in [-0.2, -0.15) is 0 Å². The maximum Gasteiger partial charge on any atom is 0.240 e. The Morgan fingerprint density at radius 2 is 1.96 bits per heavy atom. The zero-order valence-electron chi connectivity index (χ0n) is 16.6. The van der Waals surface area contributed by atoms with Crippen molar-refractivity contribution in [2.75, 3.05) is 6.61 Å². The molecule has 0 aliphatic heterocycles. The van der Waals surface area contributed by atoms with Gasteiger partial charge in [-0.1, -0.05) is 20.3 Å². The minimum absolute atomic E-state index is 0.0371. The lowest BCUT2D eigenvalue weighted by molar-refractivity contribution is -0.128. The Labute approximate surface area is 166 Å². The van der Waals surface area contributed by atoms with Crippen LogP contribution in [0.3, 0.4) is 0 Å². The summed E-state index contributed by atoms with van der Waals surface area (Å²) in [5.41, 5.74) is 6.40. The molecule has 2 rings (SSSR count). The monoisotopic (exact) mass is 386 g/mol. The fourth-order valence-electron chi connectivity index (χ4n) is 2.86. The van der Waals surface area contributed by atoms with Gasteiger partial charge in [0.15, 0.2) is 0 Å². The molecule has 1 aromatic heterocycles. The van der Waals surface area contributed by atoms with Gasteiger partial charge in [-0.25, -0.2) is 4.98 Å². The van der Waals surface area contributed by atoms with Gasteiger partial charge in [0.2, 0.25) is 11.8 Å². The molecule has 3 N–H and O–H groups in total. The van der Waals surface area contributed by atoms with Crippen LogP contribution in [-0.2, 0) is 9.59 Å². The summed E-state index contributed by atoms with van der Waals surface area (Å²) in [4.78, 5) is 27.5. The van der Waals surface area contributed by atoms with Gasteiger partial charge in [0.1, 0.15) is 11.8 Å². The van der Waals surface area contributed by atoms with Crippen LogP contribution in [0, 0.1) is 5.92 Å². The van der Waals surface area contributed by atoms with E-state index in [9.17, 15) is 9.59 Å². The molecule has 2 aromatic rings. The van der Waals surface area contributed by atoms with E-state index in [0.29, 0.717) is 13.0 Å². The zero-order chi connectivity index (χ0) is 20.4. The summed E-state index contributed by atoms with van der Waals surface area (Å²) in [5.74, 6) is 0.254. The van der Waals surface area contributed by atoms with Crippen molar-refractivity contribution in [2.24, 2.45) is 11.7 Å². The molecule has 152 valence electrons. The lowest BCUT2D eigenvalue weighted by Gasteiger charge is -2.21. The maximum absolute atomic E-state index is 12.0. The molecule has 7 heteroatoms. The summed E-state index contributed by atoms with van der Waals surface area (Å²) in [6.45, 7) is 4.48. The molecule has 0 bridgehead atoms. The van der Waals surface area contributed by atoms with Crippen molar-refractivity contribution in [1.29, 1.82) is 0 Å². The number of nitrogens with one attached hydrogen (secondary N) is 1. The van der Waals surface area contributed by atoms with Crippen molar-refractivity contribution in [3.8, 4) is 11.4 Å². The van der Waals surface area contributed by atoms with Crippen LogP contribution in [0.1, 0.15) is 46.0 Å². The standard InChI is InChI=1S/C21H30N4O3/c1-3-16(2)20(21(22)27)24-19(26)7-5-4-6-14-28-18-10-8-17(9-11-18)25-13-12-23-15-25/h8-13,15-16,20H,3-7,14H2,1-2H3,(H2,22,27)(H,24,26). The predicted octanol–water partition coefficient (Wildman–Crippen LogP) is 2.83. The van der Waals surface area contributed by atoms with Crippen molar-refractivity contribution in [3.63, 3.8) is 0 Å². The maximum atomic E-state index is 12.0. The number of imidazole rings is 1. The Morgan fingerprint density at radius 3 is 2.57 bits per heavy atom. The molecule has 0 aliphatic rings. The number of hydrogen-bond acceptors (Lipinski definition) is 4. The molecule has 0 spiro atoms. The van der Waals surface area contributed by atoms with Gasteiger partial charge in [0, 0.05) is 24.5 Å². The second-order valence-corrected chi connectivity index (χ2v) is 6.96. The molecule has 2 unspecified atom stereocenters. The number of ether oxygens (including phenoxy) is 1. The van der Waals surface area contributed by atoms with Crippen LogP contribution in [0.15, 0.2) is 43.0 Å². The van der Waals surface area contributed by atoms with Crippen LogP contribution in [0.4, 0.5) is 0 Å². The predicted molar refractivity (Wildman–Crippen MR) is 108 cm³/mol. The number of carbonyl (C=O) groups excluding carboxylic acids is 2. The van der Waals surface area contributed by atoms with E-state index < -0.39 is 11.9 Å². The molecule has 2 amide bonds. The fraction of sp³-hybridized carbons (Fsp3) is 0.476. The van der Waals surface area contributed by atoms with Gasteiger partial charge >= 0.3 is 0 Å². The minimum Gasteiger partial charge on any atom is -0.494 e. The number of primary amides is 1. The number of amides is 2. The highest BCUT2D eigenvalue weighted by Gasteiger charge is 2.23. The summed E-state index contributed by atoms with van der Waals surface area (Å²) in [7, 11) is 0. The molecule has 7 nitrogen and oxygen atoms in total. The second kappa shape index (κ2) is 11.1. The number of hydrogen-bond donors (Lipinski definition) is 2. The first-order valence-electron chi connectivity index (χ1n) is 9.81. The Bertz CT molecular complexity index is 729. The molecule has 0 aliphatic carbocycles. The summed E-state index contributed by atoms with van der Waals surface area (Å²) in [6.07, 6.45) is 9.05. The first-order valence-corrected chi connectivity index (χ1v) is 9.81. The molecule has 2 atom stereocenters. The van der Waals surface area contributed by atoms with Crippen LogP contribution in [0.25, 0.3) is 5.69 Å². The molecular formula is C21H30N4O3. The number of aromatic nitrogens is 2.